The Morgan fingerprint density at radius 2 is 1.77 bits per heavy atom. The van der Waals surface area contributed by atoms with Gasteiger partial charge in [0.25, 0.3) is 0 Å². The molecule has 0 radical (unpaired) electrons. The lowest BCUT2D eigenvalue weighted by molar-refractivity contribution is -0.170. The molecule has 31 heavy (non-hydrogen) atoms. The van der Waals surface area contributed by atoms with Crippen molar-refractivity contribution in [2.45, 2.75) is 29.4 Å². The van der Waals surface area contributed by atoms with Gasteiger partial charge in [-0.15, -0.1) is 5.73 Å². The molecule has 2 unspecified atom stereocenters. The van der Waals surface area contributed by atoms with E-state index in [0.717, 1.165) is 50.5 Å². The number of alkyl halides is 3. The largest absolute Gasteiger partial charge is 0.381 e. The molecule has 1 aliphatic carbocycles. The number of anilines is 1. The SMILES string of the molecule is COCC(OC)(C(Nc1cccc2c1C=CC(C)=C=C2)c1ccc(C)cc1)C(F)(F)I. The number of allylic oxidation sites excluding steroid dienone is 2. The second-order valence-electron chi connectivity index (χ2n) is 7.63. The number of ether oxygens (including phenoxy) is 2. The van der Waals surface area contributed by atoms with Crippen LogP contribution in [0.1, 0.15) is 35.2 Å². The summed E-state index contributed by atoms with van der Waals surface area (Å²) in [4.78, 5) is 0. The van der Waals surface area contributed by atoms with Crippen LogP contribution in [0.5, 0.6) is 0 Å². The first-order chi connectivity index (χ1) is 14.7. The minimum Gasteiger partial charge on any atom is -0.381 e. The summed E-state index contributed by atoms with van der Waals surface area (Å²) in [5, 5.41) is 3.37. The fourth-order valence-electron chi connectivity index (χ4n) is 3.69. The van der Waals surface area contributed by atoms with Crippen LogP contribution in [0.25, 0.3) is 12.2 Å². The maximum absolute atomic E-state index is 15.1. The third kappa shape index (κ3) is 4.93. The smallest absolute Gasteiger partial charge is 0.329 e. The lowest BCUT2D eigenvalue weighted by atomic mass is 9.87. The van der Waals surface area contributed by atoms with Crippen molar-refractivity contribution in [3.8, 4) is 0 Å². The van der Waals surface area contributed by atoms with Crippen LogP contribution < -0.4 is 5.32 Å². The molecule has 0 heterocycles. The number of fused-ring (bicyclic) bond motifs is 1. The Bertz CT molecular complexity index is 1020. The van der Waals surface area contributed by atoms with Crippen LogP contribution in [0, 0.1) is 6.92 Å². The van der Waals surface area contributed by atoms with Gasteiger partial charge in [-0.3, -0.25) is 0 Å². The van der Waals surface area contributed by atoms with Crippen LogP contribution in [-0.2, 0) is 9.47 Å². The number of hydrogen-bond acceptors (Lipinski definition) is 3. The van der Waals surface area contributed by atoms with Gasteiger partial charge in [-0.05, 0) is 42.7 Å². The van der Waals surface area contributed by atoms with E-state index in [0.29, 0.717) is 5.56 Å². The molecule has 0 aromatic heterocycles. The van der Waals surface area contributed by atoms with E-state index in [2.05, 4.69) is 11.0 Å². The number of benzene rings is 2. The molecule has 0 saturated carbocycles. The van der Waals surface area contributed by atoms with Crippen molar-refractivity contribution < 1.29 is 18.3 Å². The zero-order valence-electron chi connectivity index (χ0n) is 18.0. The fourth-order valence-corrected chi connectivity index (χ4v) is 4.38. The molecule has 1 N–H and O–H groups in total. The number of methoxy groups -OCH3 is 2. The van der Waals surface area contributed by atoms with Crippen LogP contribution in [-0.4, -0.2) is 30.4 Å². The zero-order chi connectivity index (χ0) is 22.6. The van der Waals surface area contributed by atoms with Gasteiger partial charge in [0.15, 0.2) is 5.60 Å². The zero-order valence-corrected chi connectivity index (χ0v) is 20.2. The summed E-state index contributed by atoms with van der Waals surface area (Å²) in [5.41, 5.74) is 6.57. The second kappa shape index (κ2) is 9.65. The summed E-state index contributed by atoms with van der Waals surface area (Å²) in [6, 6.07) is 12.4. The molecule has 3 nitrogen and oxygen atoms in total. The standard InChI is InChI=1S/C25H26F2INO2/c1-17-9-13-20(14-10-17)23(24(31-4,16-30-3)25(26,27)28)29-22-7-5-6-19-12-8-18(2)11-15-21(19)22/h5-7,9-15,23,29H,16H2,1-4H3. The molecular weight excluding hydrogens is 511 g/mol. The maximum atomic E-state index is 15.1. The second-order valence-corrected chi connectivity index (χ2v) is 8.98. The highest BCUT2D eigenvalue weighted by atomic mass is 127. The van der Waals surface area contributed by atoms with Gasteiger partial charge in [0.2, 0.25) is 0 Å². The summed E-state index contributed by atoms with van der Waals surface area (Å²) >= 11 is 1.15. The first-order valence-electron chi connectivity index (χ1n) is 9.90. The van der Waals surface area contributed by atoms with E-state index in [4.69, 9.17) is 9.47 Å². The molecule has 6 heteroatoms. The van der Waals surface area contributed by atoms with Gasteiger partial charge in [-0.2, -0.15) is 8.78 Å². The molecule has 3 rings (SSSR count). The molecule has 2 aromatic rings. The average molecular weight is 537 g/mol. The Hall–Kier alpha value is -1.99. The predicted molar refractivity (Wildman–Crippen MR) is 131 cm³/mol. The average Bonchev–Trinajstić information content (AvgIpc) is 2.92. The Morgan fingerprint density at radius 1 is 1.06 bits per heavy atom. The molecule has 0 saturated heterocycles. The minimum absolute atomic E-state index is 0.295. The van der Waals surface area contributed by atoms with Crippen LogP contribution >= 0.6 is 22.6 Å². The number of halogens is 3. The number of nitrogens with one attached hydrogen (secondary N) is 1. The van der Waals surface area contributed by atoms with Crippen LogP contribution in [0.15, 0.2) is 59.8 Å². The van der Waals surface area contributed by atoms with Gasteiger partial charge < -0.3 is 14.8 Å². The molecule has 0 amide bonds. The van der Waals surface area contributed by atoms with Gasteiger partial charge in [0, 0.05) is 48.1 Å². The van der Waals surface area contributed by atoms with Gasteiger partial charge in [-0.25, -0.2) is 0 Å². The van der Waals surface area contributed by atoms with Gasteiger partial charge in [0.05, 0.1) is 12.6 Å². The number of aryl methyl sites for hydroxylation is 1. The van der Waals surface area contributed by atoms with E-state index in [1.54, 1.807) is 0 Å². The molecule has 0 spiro atoms. The predicted octanol–water partition coefficient (Wildman–Crippen LogP) is 6.79. The van der Waals surface area contributed by atoms with Gasteiger partial charge in [0.1, 0.15) is 0 Å². The molecule has 0 aliphatic heterocycles. The van der Waals surface area contributed by atoms with E-state index in [9.17, 15) is 0 Å². The fraction of sp³-hybridized carbons (Fsp3) is 0.320. The van der Waals surface area contributed by atoms with Crippen LogP contribution in [0.3, 0.4) is 0 Å². The van der Waals surface area contributed by atoms with E-state index in [1.807, 2.05) is 74.5 Å². The van der Waals surface area contributed by atoms with Crippen molar-refractivity contribution in [1.29, 1.82) is 0 Å². The maximum Gasteiger partial charge on any atom is 0.329 e. The molecule has 0 fully saturated rings. The lowest BCUT2D eigenvalue weighted by Gasteiger charge is -2.43. The third-order valence-electron chi connectivity index (χ3n) is 5.47. The topological polar surface area (TPSA) is 30.5 Å². The highest BCUT2D eigenvalue weighted by molar-refractivity contribution is 14.1. The van der Waals surface area contributed by atoms with Crippen LogP contribution in [0.2, 0.25) is 0 Å². The molecule has 1 aliphatic rings. The molecular formula is C25H26F2INO2. The van der Waals surface area contributed by atoms with Crippen molar-refractivity contribution >= 4 is 40.4 Å². The minimum atomic E-state index is -3.22. The summed E-state index contributed by atoms with van der Waals surface area (Å²) in [6.07, 6.45) is 5.84. The van der Waals surface area contributed by atoms with E-state index >= 15 is 8.78 Å². The lowest BCUT2D eigenvalue weighted by Crippen LogP contribution is -2.56. The third-order valence-corrected chi connectivity index (χ3v) is 6.39. The van der Waals surface area contributed by atoms with Crippen molar-refractivity contribution in [3.63, 3.8) is 0 Å². The normalized spacial score (nSPS) is 16.2. The van der Waals surface area contributed by atoms with Crippen molar-refractivity contribution in [2.75, 3.05) is 26.1 Å². The van der Waals surface area contributed by atoms with Gasteiger partial charge >= 0.3 is 3.93 Å². The number of rotatable bonds is 8. The Labute approximate surface area is 196 Å². The van der Waals surface area contributed by atoms with E-state index in [-0.39, 0.29) is 6.61 Å². The molecule has 164 valence electrons. The summed E-state index contributed by atoms with van der Waals surface area (Å²) in [6.45, 7) is 3.63. The first-order valence-corrected chi connectivity index (χ1v) is 11.0. The van der Waals surface area contributed by atoms with E-state index < -0.39 is 15.6 Å². The first kappa shape index (κ1) is 23.7. The Morgan fingerprint density at radius 3 is 2.39 bits per heavy atom. The van der Waals surface area contributed by atoms with Crippen molar-refractivity contribution in [3.05, 3.63) is 82.1 Å². The van der Waals surface area contributed by atoms with Crippen LogP contribution in [0.4, 0.5) is 14.5 Å². The summed E-state index contributed by atoms with van der Waals surface area (Å²) < 4.78 is 37.8. The van der Waals surface area contributed by atoms with Crippen molar-refractivity contribution in [1.82, 2.24) is 0 Å². The monoisotopic (exact) mass is 537 g/mol. The van der Waals surface area contributed by atoms with E-state index in [1.165, 1.54) is 14.2 Å². The highest BCUT2D eigenvalue weighted by Gasteiger charge is 2.58. The summed E-state index contributed by atoms with van der Waals surface area (Å²) in [5.74, 6) is 0. The molecule has 0 bridgehead atoms. The quantitative estimate of drug-likeness (QED) is 0.229. The Kier molecular flexibility index (Phi) is 7.37. The highest BCUT2D eigenvalue weighted by Crippen LogP contribution is 2.48. The molecule has 2 aromatic carbocycles. The van der Waals surface area contributed by atoms with Crippen molar-refractivity contribution in [2.24, 2.45) is 0 Å². The molecule has 2 atom stereocenters. The van der Waals surface area contributed by atoms with Gasteiger partial charge in [-0.1, -0.05) is 54.1 Å². The number of hydrogen-bond donors (Lipinski definition) is 1. The Balaban J connectivity index is 2.17. The summed E-state index contributed by atoms with van der Waals surface area (Å²) in [7, 11) is 2.70.